The number of carbonyl (C=O) groups is 1. The van der Waals surface area contributed by atoms with Crippen molar-refractivity contribution in [1.82, 2.24) is 9.88 Å². The highest BCUT2D eigenvalue weighted by atomic mass is 16.6. The van der Waals surface area contributed by atoms with Gasteiger partial charge in [-0.25, -0.2) is 0 Å². The summed E-state index contributed by atoms with van der Waals surface area (Å²) in [4.78, 5) is 28.6. The molecule has 2 heterocycles. The molecule has 1 aromatic heterocycles. The zero-order chi connectivity index (χ0) is 15.7. The van der Waals surface area contributed by atoms with E-state index in [9.17, 15) is 20.0 Å². The van der Waals surface area contributed by atoms with Gasteiger partial charge in [-0.3, -0.25) is 19.9 Å². The fraction of sp³-hybridized carbons (Fsp3) is 0.286. The number of non-ortho nitro benzene ring substituents is 1. The first kappa shape index (κ1) is 14.2. The number of phenolic OH excluding ortho intramolecular Hbond substituents is 1. The number of morpholine rings is 1. The van der Waals surface area contributed by atoms with Crippen molar-refractivity contribution in [3.05, 3.63) is 40.1 Å². The highest BCUT2D eigenvalue weighted by Crippen LogP contribution is 2.35. The molecule has 1 aromatic carbocycles. The maximum absolute atomic E-state index is 12.5. The number of fused-ring (bicyclic) bond motifs is 1. The maximum Gasteiger partial charge on any atom is 0.279 e. The molecule has 0 bridgehead atoms. The summed E-state index contributed by atoms with van der Waals surface area (Å²) in [7, 11) is 0. The summed E-state index contributed by atoms with van der Waals surface area (Å²) in [6, 6.07) is 4.14. The molecule has 1 aliphatic rings. The largest absolute Gasteiger partial charge is 0.505 e. The van der Waals surface area contributed by atoms with Crippen LogP contribution in [0.3, 0.4) is 0 Å². The van der Waals surface area contributed by atoms with Gasteiger partial charge in [0.1, 0.15) is 5.52 Å². The van der Waals surface area contributed by atoms with Crippen molar-refractivity contribution in [3.8, 4) is 5.75 Å². The molecule has 3 rings (SSSR count). The van der Waals surface area contributed by atoms with Crippen LogP contribution in [0.5, 0.6) is 5.75 Å². The van der Waals surface area contributed by atoms with E-state index in [0.29, 0.717) is 26.3 Å². The van der Waals surface area contributed by atoms with E-state index in [1.165, 1.54) is 23.2 Å². The molecule has 1 aliphatic heterocycles. The van der Waals surface area contributed by atoms with E-state index in [-0.39, 0.29) is 27.9 Å². The van der Waals surface area contributed by atoms with E-state index in [2.05, 4.69) is 4.98 Å². The van der Waals surface area contributed by atoms with Crippen molar-refractivity contribution in [2.75, 3.05) is 26.3 Å². The number of pyridine rings is 1. The molecule has 1 saturated heterocycles. The number of carbonyl (C=O) groups excluding carboxylic acids is 1. The molecule has 0 radical (unpaired) electrons. The van der Waals surface area contributed by atoms with Crippen LogP contribution in [0.15, 0.2) is 24.4 Å². The molecular weight excluding hydrogens is 290 g/mol. The van der Waals surface area contributed by atoms with Gasteiger partial charge in [0.15, 0.2) is 5.75 Å². The first-order valence-corrected chi connectivity index (χ1v) is 6.71. The summed E-state index contributed by atoms with van der Waals surface area (Å²) in [5.41, 5.74) is -0.314. The second-order valence-corrected chi connectivity index (χ2v) is 4.85. The van der Waals surface area contributed by atoms with Gasteiger partial charge < -0.3 is 14.7 Å². The Balaban J connectivity index is 2.15. The minimum absolute atomic E-state index is 0.0494. The van der Waals surface area contributed by atoms with Gasteiger partial charge in [-0.05, 0) is 12.1 Å². The topological polar surface area (TPSA) is 106 Å². The quantitative estimate of drug-likeness (QED) is 0.662. The average molecular weight is 303 g/mol. The lowest BCUT2D eigenvalue weighted by Crippen LogP contribution is -2.40. The van der Waals surface area contributed by atoms with Crippen LogP contribution in [0.25, 0.3) is 10.9 Å². The molecule has 0 saturated carbocycles. The maximum atomic E-state index is 12.5. The van der Waals surface area contributed by atoms with Gasteiger partial charge in [-0.1, -0.05) is 0 Å². The summed E-state index contributed by atoms with van der Waals surface area (Å²) in [6.45, 7) is 1.57. The molecule has 114 valence electrons. The van der Waals surface area contributed by atoms with Crippen LogP contribution in [-0.4, -0.2) is 52.1 Å². The summed E-state index contributed by atoms with van der Waals surface area (Å²) in [5, 5.41) is 21.7. The first-order chi connectivity index (χ1) is 10.6. The van der Waals surface area contributed by atoms with Crippen LogP contribution in [0, 0.1) is 10.1 Å². The molecule has 2 aromatic rings. The van der Waals surface area contributed by atoms with Crippen LogP contribution < -0.4 is 0 Å². The molecule has 8 nitrogen and oxygen atoms in total. The standard InChI is InChI=1S/C14H13N3O5/c18-13-10(14(19)16-4-6-22-7-5-16)8-11(17(20)21)9-2-1-3-15-12(9)13/h1-3,8,18H,4-7H2. The number of ether oxygens (including phenoxy) is 1. The number of nitro groups is 1. The molecule has 1 amide bonds. The Morgan fingerprint density at radius 2 is 2.14 bits per heavy atom. The van der Waals surface area contributed by atoms with Crippen LogP contribution in [-0.2, 0) is 4.74 Å². The molecule has 1 N–H and O–H groups in total. The Bertz CT molecular complexity index is 755. The van der Waals surface area contributed by atoms with Gasteiger partial charge in [0, 0.05) is 25.4 Å². The molecule has 0 unspecified atom stereocenters. The second kappa shape index (κ2) is 5.57. The molecule has 0 atom stereocenters. The number of hydrogen-bond donors (Lipinski definition) is 1. The van der Waals surface area contributed by atoms with E-state index in [1.54, 1.807) is 0 Å². The number of rotatable bonds is 2. The van der Waals surface area contributed by atoms with Gasteiger partial charge in [0.2, 0.25) is 0 Å². The van der Waals surface area contributed by atoms with E-state index in [4.69, 9.17) is 4.74 Å². The summed E-state index contributed by atoms with van der Waals surface area (Å²) < 4.78 is 5.17. The lowest BCUT2D eigenvalue weighted by Gasteiger charge is -2.27. The van der Waals surface area contributed by atoms with Crippen LogP contribution in [0.1, 0.15) is 10.4 Å². The Hall–Kier alpha value is -2.74. The zero-order valence-electron chi connectivity index (χ0n) is 11.6. The normalized spacial score (nSPS) is 15.0. The van der Waals surface area contributed by atoms with Crippen molar-refractivity contribution in [2.45, 2.75) is 0 Å². The van der Waals surface area contributed by atoms with E-state index in [1.807, 2.05) is 0 Å². The van der Waals surface area contributed by atoms with Crippen molar-refractivity contribution < 1.29 is 19.6 Å². The predicted octanol–water partition coefficient (Wildman–Crippen LogP) is 1.32. The number of nitrogens with zero attached hydrogens (tertiary/aromatic N) is 3. The fourth-order valence-electron chi connectivity index (χ4n) is 2.46. The average Bonchev–Trinajstić information content (AvgIpc) is 2.55. The zero-order valence-corrected chi connectivity index (χ0v) is 11.6. The van der Waals surface area contributed by atoms with Crippen molar-refractivity contribution in [1.29, 1.82) is 0 Å². The lowest BCUT2D eigenvalue weighted by molar-refractivity contribution is -0.383. The highest BCUT2D eigenvalue weighted by molar-refractivity contribution is 6.05. The number of amides is 1. The number of nitro benzene ring substituents is 1. The molecule has 22 heavy (non-hydrogen) atoms. The van der Waals surface area contributed by atoms with Gasteiger partial charge in [0.05, 0.1) is 29.1 Å². The molecule has 1 fully saturated rings. The van der Waals surface area contributed by atoms with Crippen molar-refractivity contribution in [2.24, 2.45) is 0 Å². The predicted molar refractivity (Wildman–Crippen MR) is 76.8 cm³/mol. The molecular formula is C14H13N3O5. The monoisotopic (exact) mass is 303 g/mol. The molecule has 8 heteroatoms. The summed E-state index contributed by atoms with van der Waals surface area (Å²) in [5.74, 6) is -0.797. The Morgan fingerprint density at radius 3 is 2.82 bits per heavy atom. The van der Waals surface area contributed by atoms with Crippen LogP contribution in [0.4, 0.5) is 5.69 Å². The number of phenols is 1. The van der Waals surface area contributed by atoms with E-state index < -0.39 is 10.8 Å². The smallest absolute Gasteiger partial charge is 0.279 e. The van der Waals surface area contributed by atoms with E-state index in [0.717, 1.165) is 6.07 Å². The molecule has 0 aliphatic carbocycles. The Kier molecular flexibility index (Phi) is 3.60. The van der Waals surface area contributed by atoms with Crippen molar-refractivity contribution in [3.63, 3.8) is 0 Å². The SMILES string of the molecule is O=C(c1cc([N+](=O)[O-])c2cccnc2c1O)N1CCOCC1. The van der Waals surface area contributed by atoms with Crippen molar-refractivity contribution >= 4 is 22.5 Å². The Morgan fingerprint density at radius 1 is 1.41 bits per heavy atom. The third-order valence-electron chi connectivity index (χ3n) is 3.57. The van der Waals surface area contributed by atoms with Gasteiger partial charge >= 0.3 is 0 Å². The number of aromatic nitrogens is 1. The molecule has 0 spiro atoms. The third kappa shape index (κ3) is 2.33. The van der Waals surface area contributed by atoms with Crippen LogP contribution in [0.2, 0.25) is 0 Å². The summed E-state index contributed by atoms with van der Waals surface area (Å²) in [6.07, 6.45) is 1.41. The van der Waals surface area contributed by atoms with E-state index >= 15 is 0 Å². The summed E-state index contributed by atoms with van der Waals surface area (Å²) >= 11 is 0. The Labute approximate surface area is 125 Å². The number of benzene rings is 1. The van der Waals surface area contributed by atoms with Crippen LogP contribution >= 0.6 is 0 Å². The van der Waals surface area contributed by atoms with Gasteiger partial charge in [-0.2, -0.15) is 0 Å². The lowest BCUT2D eigenvalue weighted by atomic mass is 10.1. The third-order valence-corrected chi connectivity index (χ3v) is 3.57. The number of aromatic hydroxyl groups is 1. The number of hydrogen-bond acceptors (Lipinski definition) is 6. The minimum Gasteiger partial charge on any atom is -0.505 e. The minimum atomic E-state index is -0.584. The van der Waals surface area contributed by atoms with Gasteiger partial charge in [0.25, 0.3) is 11.6 Å². The first-order valence-electron chi connectivity index (χ1n) is 6.71. The highest BCUT2D eigenvalue weighted by Gasteiger charge is 2.27. The second-order valence-electron chi connectivity index (χ2n) is 4.85. The van der Waals surface area contributed by atoms with Gasteiger partial charge in [-0.15, -0.1) is 0 Å². The fourth-order valence-corrected chi connectivity index (χ4v) is 2.46.